The molecule has 1 saturated heterocycles. The molecule has 1 aromatic carbocycles. The number of nitrogens with one attached hydrogen (secondary N) is 1. The van der Waals surface area contributed by atoms with Gasteiger partial charge in [0, 0.05) is 12.6 Å². The normalized spacial score (nSPS) is 21.2. The van der Waals surface area contributed by atoms with Crippen molar-refractivity contribution in [1.29, 1.82) is 0 Å². The van der Waals surface area contributed by atoms with Crippen LogP contribution in [0.4, 0.5) is 4.79 Å². The Hall–Kier alpha value is -3.09. The molecule has 0 aromatic heterocycles. The second-order valence-corrected chi connectivity index (χ2v) is 7.42. The van der Waals surface area contributed by atoms with Crippen molar-refractivity contribution in [2.75, 3.05) is 7.05 Å². The van der Waals surface area contributed by atoms with E-state index < -0.39 is 41.2 Å². The fourth-order valence-corrected chi connectivity index (χ4v) is 4.42. The Labute approximate surface area is 168 Å². The lowest BCUT2D eigenvalue weighted by atomic mass is 9.92. The lowest BCUT2D eigenvalue weighted by Crippen LogP contribution is -2.60. The van der Waals surface area contributed by atoms with Crippen molar-refractivity contribution in [3.8, 4) is 5.75 Å². The average molecular weight is 423 g/mol. The van der Waals surface area contributed by atoms with Gasteiger partial charge in [0.25, 0.3) is 5.91 Å². The molecular formula is C17H17N3O8S. The number of imide groups is 1. The molecule has 0 saturated carbocycles. The highest BCUT2D eigenvalue weighted by Crippen LogP contribution is 2.50. The maximum absolute atomic E-state index is 12.2. The van der Waals surface area contributed by atoms with Gasteiger partial charge in [-0.1, -0.05) is 11.8 Å². The fraction of sp³-hybridized carbons (Fsp3) is 0.294. The molecule has 2 aliphatic heterocycles. The monoisotopic (exact) mass is 423 g/mol. The predicted molar refractivity (Wildman–Crippen MR) is 97.5 cm³/mol. The molecule has 0 bridgehead atoms. The summed E-state index contributed by atoms with van der Waals surface area (Å²) in [5, 5.41) is 27.2. The number of hydrogen-bond acceptors (Lipinski definition) is 8. The SMILES string of the molecule is C[C@@H](O)[C@H]1C(=O)N2C(C(=O)O)=C(Oc3ccc(C(=O)N(C)C(=O)NO)cc3)S[C@H]12. The van der Waals surface area contributed by atoms with Crippen LogP contribution in [0.2, 0.25) is 0 Å². The number of carbonyl (C=O) groups is 4. The number of thioether (sulfide) groups is 1. The molecule has 4 N–H and O–H groups in total. The smallest absolute Gasteiger partial charge is 0.357 e. The number of β-lactam (4-membered cyclic amide) rings is 1. The largest absolute Gasteiger partial charge is 0.476 e. The lowest BCUT2D eigenvalue weighted by Gasteiger charge is -2.43. The van der Waals surface area contributed by atoms with Crippen LogP contribution in [0.3, 0.4) is 0 Å². The summed E-state index contributed by atoms with van der Waals surface area (Å²) in [5.74, 6) is -3.02. The molecule has 4 amide bonds. The van der Waals surface area contributed by atoms with Gasteiger partial charge in [-0.25, -0.2) is 15.1 Å². The summed E-state index contributed by atoms with van der Waals surface area (Å²) in [4.78, 5) is 49.0. The van der Waals surface area contributed by atoms with Crippen molar-refractivity contribution in [2.45, 2.75) is 18.4 Å². The number of nitrogens with zero attached hydrogens (tertiary/aromatic N) is 2. The standard InChI is InChI=1S/C17H17N3O8S/c1-7(21)10-13(23)20-11(15(24)25)16(29-14(10)20)28-9-5-3-8(4-6-9)12(22)19(2)17(26)18-27/h3-7,10,14,21,27H,1-2H3,(H,18,26)(H,24,25)/t7-,10+,14-/m1/s1. The van der Waals surface area contributed by atoms with Crippen LogP contribution in [-0.4, -0.2) is 67.6 Å². The summed E-state index contributed by atoms with van der Waals surface area (Å²) in [6.07, 6.45) is -0.927. The molecule has 0 spiro atoms. The molecule has 0 unspecified atom stereocenters. The first kappa shape index (κ1) is 20.6. The van der Waals surface area contributed by atoms with E-state index in [4.69, 9.17) is 9.94 Å². The molecule has 1 fully saturated rings. The maximum atomic E-state index is 12.2. The molecular weight excluding hydrogens is 406 g/mol. The van der Waals surface area contributed by atoms with E-state index in [1.54, 1.807) is 0 Å². The Bertz CT molecular complexity index is 914. The van der Waals surface area contributed by atoms with Gasteiger partial charge in [-0.2, -0.15) is 0 Å². The van der Waals surface area contributed by atoms with E-state index in [1.165, 1.54) is 43.7 Å². The van der Waals surface area contributed by atoms with Gasteiger partial charge in [0.1, 0.15) is 11.1 Å². The molecule has 0 radical (unpaired) electrons. The number of carboxylic acids is 1. The van der Waals surface area contributed by atoms with Crippen molar-refractivity contribution in [3.63, 3.8) is 0 Å². The molecule has 3 rings (SSSR count). The van der Waals surface area contributed by atoms with Crippen LogP contribution in [-0.2, 0) is 9.59 Å². The highest BCUT2D eigenvalue weighted by molar-refractivity contribution is 8.03. The van der Waals surface area contributed by atoms with Gasteiger partial charge >= 0.3 is 12.0 Å². The highest BCUT2D eigenvalue weighted by Gasteiger charge is 2.58. The third kappa shape index (κ3) is 3.52. The average Bonchev–Trinajstić information content (AvgIpc) is 3.00. The number of aliphatic hydroxyl groups is 1. The van der Waals surface area contributed by atoms with Gasteiger partial charge in [-0.15, -0.1) is 0 Å². The number of amides is 4. The van der Waals surface area contributed by atoms with E-state index in [2.05, 4.69) is 0 Å². The number of urea groups is 1. The van der Waals surface area contributed by atoms with Crippen molar-refractivity contribution >= 4 is 35.6 Å². The first-order chi connectivity index (χ1) is 13.7. The molecule has 12 heteroatoms. The minimum Gasteiger partial charge on any atom is -0.476 e. The second-order valence-electron chi connectivity index (χ2n) is 6.33. The third-order valence-electron chi connectivity index (χ3n) is 4.49. The summed E-state index contributed by atoms with van der Waals surface area (Å²) < 4.78 is 5.61. The quantitative estimate of drug-likeness (QED) is 0.299. The van der Waals surface area contributed by atoms with Gasteiger partial charge in [0.05, 0.1) is 12.0 Å². The van der Waals surface area contributed by atoms with Gasteiger partial charge in [0.2, 0.25) is 5.91 Å². The molecule has 154 valence electrons. The number of ether oxygens (including phenoxy) is 1. The van der Waals surface area contributed by atoms with Crippen LogP contribution < -0.4 is 10.2 Å². The third-order valence-corrected chi connectivity index (χ3v) is 5.72. The van der Waals surface area contributed by atoms with Gasteiger partial charge in [-0.05, 0) is 31.2 Å². The Morgan fingerprint density at radius 2 is 1.90 bits per heavy atom. The molecule has 11 nitrogen and oxygen atoms in total. The van der Waals surface area contributed by atoms with Crippen LogP contribution >= 0.6 is 11.8 Å². The van der Waals surface area contributed by atoms with E-state index >= 15 is 0 Å². The number of aliphatic carboxylic acids is 1. The van der Waals surface area contributed by atoms with Gasteiger partial charge < -0.3 is 14.9 Å². The van der Waals surface area contributed by atoms with E-state index in [-0.39, 0.29) is 22.1 Å². The van der Waals surface area contributed by atoms with Crippen LogP contribution in [0.25, 0.3) is 0 Å². The molecule has 3 atom stereocenters. The first-order valence-corrected chi connectivity index (χ1v) is 9.20. The van der Waals surface area contributed by atoms with E-state index in [0.29, 0.717) is 4.90 Å². The van der Waals surface area contributed by atoms with Crippen LogP contribution in [0, 0.1) is 5.92 Å². The predicted octanol–water partition coefficient (Wildman–Crippen LogP) is 0.402. The number of aliphatic hydroxyl groups excluding tert-OH is 1. The zero-order valence-electron chi connectivity index (χ0n) is 15.2. The highest BCUT2D eigenvalue weighted by atomic mass is 32.2. The van der Waals surface area contributed by atoms with Crippen LogP contribution in [0.1, 0.15) is 17.3 Å². The van der Waals surface area contributed by atoms with Crippen molar-refractivity contribution in [1.82, 2.24) is 15.3 Å². The summed E-state index contributed by atoms with van der Waals surface area (Å²) in [5.41, 5.74) is 1.17. The second kappa shape index (κ2) is 7.73. The number of benzene rings is 1. The molecule has 2 aliphatic rings. The Morgan fingerprint density at radius 3 is 2.41 bits per heavy atom. The number of carboxylic acid groups (broad SMARTS) is 1. The van der Waals surface area contributed by atoms with Crippen LogP contribution in [0.5, 0.6) is 5.75 Å². The minimum atomic E-state index is -1.34. The number of hydrogen-bond donors (Lipinski definition) is 4. The Morgan fingerprint density at radius 1 is 1.28 bits per heavy atom. The molecule has 29 heavy (non-hydrogen) atoms. The number of carbonyl (C=O) groups excluding carboxylic acids is 3. The van der Waals surface area contributed by atoms with Crippen molar-refractivity contribution in [2.24, 2.45) is 5.92 Å². The Balaban J connectivity index is 1.78. The number of rotatable bonds is 5. The zero-order chi connectivity index (χ0) is 21.5. The lowest BCUT2D eigenvalue weighted by molar-refractivity contribution is -0.156. The number of hydroxylamine groups is 1. The van der Waals surface area contributed by atoms with Crippen molar-refractivity contribution in [3.05, 3.63) is 40.6 Å². The minimum absolute atomic E-state index is 0.00477. The molecule has 1 aromatic rings. The van der Waals surface area contributed by atoms with E-state index in [1.807, 2.05) is 0 Å². The summed E-state index contributed by atoms with van der Waals surface area (Å²) in [6, 6.07) is 4.51. The van der Waals surface area contributed by atoms with Gasteiger partial charge in [-0.3, -0.25) is 24.6 Å². The van der Waals surface area contributed by atoms with E-state index in [0.717, 1.165) is 16.7 Å². The summed E-state index contributed by atoms with van der Waals surface area (Å²) in [7, 11) is 1.18. The molecule has 0 aliphatic carbocycles. The summed E-state index contributed by atoms with van der Waals surface area (Å²) in [6.45, 7) is 1.46. The van der Waals surface area contributed by atoms with Crippen molar-refractivity contribution < 1.29 is 39.3 Å². The van der Waals surface area contributed by atoms with Crippen LogP contribution in [0.15, 0.2) is 35.1 Å². The topological polar surface area (TPSA) is 157 Å². The fourth-order valence-electron chi connectivity index (χ4n) is 2.95. The Kier molecular flexibility index (Phi) is 5.50. The van der Waals surface area contributed by atoms with Gasteiger partial charge in [0.15, 0.2) is 10.8 Å². The first-order valence-electron chi connectivity index (χ1n) is 8.32. The summed E-state index contributed by atoms with van der Waals surface area (Å²) >= 11 is 1.02. The maximum Gasteiger partial charge on any atom is 0.357 e. The molecule has 2 heterocycles. The number of fused-ring (bicyclic) bond motifs is 1. The zero-order valence-corrected chi connectivity index (χ0v) is 16.0. The van der Waals surface area contributed by atoms with E-state index in [9.17, 15) is 29.4 Å².